The van der Waals surface area contributed by atoms with E-state index < -0.39 is 0 Å². The highest BCUT2D eigenvalue weighted by molar-refractivity contribution is 5.85. The number of aromatic amines is 1. The lowest BCUT2D eigenvalue weighted by atomic mass is 10.2. The lowest BCUT2D eigenvalue weighted by Crippen LogP contribution is -2.14. The first-order valence-corrected chi connectivity index (χ1v) is 5.48. The monoisotopic (exact) mass is 268 g/mol. The van der Waals surface area contributed by atoms with Crippen LogP contribution in [0.4, 0.5) is 0 Å². The van der Waals surface area contributed by atoms with E-state index in [1.807, 2.05) is 25.3 Å². The van der Waals surface area contributed by atoms with E-state index >= 15 is 0 Å². The quantitative estimate of drug-likeness (QED) is 0.869. The molecule has 5 nitrogen and oxygen atoms in total. The SMILES string of the molecule is COc1ncccc1CNCc1cn[nH]c1C.Cl. The third-order valence-corrected chi connectivity index (χ3v) is 2.61. The first kappa shape index (κ1) is 14.5. The lowest BCUT2D eigenvalue weighted by molar-refractivity contribution is 0.390. The summed E-state index contributed by atoms with van der Waals surface area (Å²) in [4.78, 5) is 4.15. The minimum Gasteiger partial charge on any atom is -0.481 e. The third-order valence-electron chi connectivity index (χ3n) is 2.61. The number of ether oxygens (including phenoxy) is 1. The average molecular weight is 269 g/mol. The first-order valence-electron chi connectivity index (χ1n) is 5.48. The number of methoxy groups -OCH3 is 1. The van der Waals surface area contributed by atoms with E-state index in [1.54, 1.807) is 13.3 Å². The van der Waals surface area contributed by atoms with E-state index in [9.17, 15) is 0 Å². The Balaban J connectivity index is 0.00000162. The molecule has 0 spiro atoms. The molecular formula is C12H17ClN4O. The fraction of sp³-hybridized carbons (Fsp3) is 0.333. The van der Waals surface area contributed by atoms with Crippen LogP contribution < -0.4 is 10.1 Å². The van der Waals surface area contributed by atoms with Crippen LogP contribution in [0.1, 0.15) is 16.8 Å². The van der Waals surface area contributed by atoms with Crippen LogP contribution >= 0.6 is 12.4 Å². The standard InChI is InChI=1S/C12H16N4O.ClH/c1-9-11(8-15-16-9)7-13-6-10-4-3-5-14-12(10)17-2;/h3-5,8,13H,6-7H2,1-2H3,(H,15,16);1H. The first-order chi connectivity index (χ1) is 8.31. The Hall–Kier alpha value is -1.59. The molecule has 0 amide bonds. The van der Waals surface area contributed by atoms with Crippen molar-refractivity contribution in [3.05, 3.63) is 41.3 Å². The number of halogens is 1. The molecule has 2 aromatic heterocycles. The molecule has 0 aliphatic rings. The van der Waals surface area contributed by atoms with Crippen molar-refractivity contribution in [3.63, 3.8) is 0 Å². The van der Waals surface area contributed by atoms with Crippen LogP contribution in [-0.4, -0.2) is 22.3 Å². The number of nitrogens with one attached hydrogen (secondary N) is 2. The number of hydrogen-bond acceptors (Lipinski definition) is 4. The minimum absolute atomic E-state index is 0. The normalized spacial score (nSPS) is 9.89. The number of aryl methyl sites for hydroxylation is 1. The zero-order valence-corrected chi connectivity index (χ0v) is 11.3. The molecule has 18 heavy (non-hydrogen) atoms. The molecule has 0 aliphatic carbocycles. The van der Waals surface area contributed by atoms with Crippen molar-refractivity contribution >= 4 is 12.4 Å². The van der Waals surface area contributed by atoms with Crippen molar-refractivity contribution in [2.75, 3.05) is 7.11 Å². The second-order valence-corrected chi connectivity index (χ2v) is 3.80. The van der Waals surface area contributed by atoms with Crippen molar-refractivity contribution in [2.24, 2.45) is 0 Å². The number of aromatic nitrogens is 3. The van der Waals surface area contributed by atoms with Gasteiger partial charge in [-0.25, -0.2) is 4.98 Å². The largest absolute Gasteiger partial charge is 0.481 e. The summed E-state index contributed by atoms with van der Waals surface area (Å²) in [6, 6.07) is 3.91. The molecule has 0 aromatic carbocycles. The van der Waals surface area contributed by atoms with Gasteiger partial charge in [0.1, 0.15) is 0 Å². The van der Waals surface area contributed by atoms with Gasteiger partial charge in [0.15, 0.2) is 0 Å². The maximum atomic E-state index is 5.19. The average Bonchev–Trinajstić information content (AvgIpc) is 2.76. The highest BCUT2D eigenvalue weighted by Crippen LogP contribution is 2.13. The van der Waals surface area contributed by atoms with E-state index in [0.29, 0.717) is 5.88 Å². The van der Waals surface area contributed by atoms with E-state index in [0.717, 1.165) is 24.3 Å². The molecule has 6 heteroatoms. The van der Waals surface area contributed by atoms with Crippen LogP contribution in [0.15, 0.2) is 24.5 Å². The number of H-pyrrole nitrogens is 1. The predicted molar refractivity (Wildman–Crippen MR) is 71.9 cm³/mol. The van der Waals surface area contributed by atoms with Gasteiger partial charge in [0.05, 0.1) is 13.3 Å². The Morgan fingerprint density at radius 1 is 1.33 bits per heavy atom. The Morgan fingerprint density at radius 2 is 2.11 bits per heavy atom. The highest BCUT2D eigenvalue weighted by atomic mass is 35.5. The van der Waals surface area contributed by atoms with Crippen LogP contribution in [-0.2, 0) is 13.1 Å². The van der Waals surface area contributed by atoms with Gasteiger partial charge in [-0.1, -0.05) is 6.07 Å². The molecule has 0 aliphatic heterocycles. The number of pyridine rings is 1. The lowest BCUT2D eigenvalue weighted by Gasteiger charge is -2.07. The Labute approximate surface area is 112 Å². The van der Waals surface area contributed by atoms with Crippen molar-refractivity contribution in [1.82, 2.24) is 20.5 Å². The van der Waals surface area contributed by atoms with Gasteiger partial charge in [0.25, 0.3) is 0 Å². The molecule has 0 fully saturated rings. The van der Waals surface area contributed by atoms with Crippen LogP contribution in [0.2, 0.25) is 0 Å². The Morgan fingerprint density at radius 3 is 2.78 bits per heavy atom. The summed E-state index contributed by atoms with van der Waals surface area (Å²) in [5.74, 6) is 0.670. The van der Waals surface area contributed by atoms with Gasteiger partial charge in [-0.3, -0.25) is 5.10 Å². The maximum Gasteiger partial charge on any atom is 0.217 e. The molecule has 2 N–H and O–H groups in total. The summed E-state index contributed by atoms with van der Waals surface area (Å²) >= 11 is 0. The zero-order chi connectivity index (χ0) is 12.1. The fourth-order valence-electron chi connectivity index (χ4n) is 1.63. The third kappa shape index (κ3) is 3.45. The molecule has 98 valence electrons. The number of rotatable bonds is 5. The van der Waals surface area contributed by atoms with Crippen molar-refractivity contribution in [2.45, 2.75) is 20.0 Å². The minimum atomic E-state index is 0. The maximum absolute atomic E-state index is 5.19. The molecule has 0 saturated carbocycles. The van der Waals surface area contributed by atoms with Crippen molar-refractivity contribution < 1.29 is 4.74 Å². The molecule has 0 atom stereocenters. The summed E-state index contributed by atoms with van der Waals surface area (Å²) in [5.41, 5.74) is 3.32. The number of hydrogen-bond donors (Lipinski definition) is 2. The topological polar surface area (TPSA) is 62.8 Å². The van der Waals surface area contributed by atoms with Crippen LogP contribution in [0, 0.1) is 6.92 Å². The summed E-state index contributed by atoms with van der Waals surface area (Å²) in [7, 11) is 1.63. The molecule has 0 bridgehead atoms. The molecule has 2 heterocycles. The summed E-state index contributed by atoms with van der Waals surface area (Å²) < 4.78 is 5.19. The van der Waals surface area contributed by atoms with E-state index in [2.05, 4.69) is 20.5 Å². The predicted octanol–water partition coefficient (Wildman–Crippen LogP) is 1.83. The van der Waals surface area contributed by atoms with E-state index in [-0.39, 0.29) is 12.4 Å². The molecule has 0 radical (unpaired) electrons. The molecule has 0 saturated heterocycles. The number of nitrogens with zero attached hydrogens (tertiary/aromatic N) is 2. The Bertz CT molecular complexity index is 486. The van der Waals surface area contributed by atoms with Gasteiger partial charge >= 0.3 is 0 Å². The molecular weight excluding hydrogens is 252 g/mol. The van der Waals surface area contributed by atoms with Gasteiger partial charge in [0.2, 0.25) is 5.88 Å². The molecule has 2 rings (SSSR count). The zero-order valence-electron chi connectivity index (χ0n) is 10.4. The summed E-state index contributed by atoms with van der Waals surface area (Å²) in [5, 5.41) is 10.2. The van der Waals surface area contributed by atoms with Gasteiger partial charge < -0.3 is 10.1 Å². The molecule has 0 unspecified atom stereocenters. The van der Waals surface area contributed by atoms with Crippen molar-refractivity contribution in [1.29, 1.82) is 0 Å². The van der Waals surface area contributed by atoms with E-state index in [1.165, 1.54) is 5.56 Å². The summed E-state index contributed by atoms with van der Waals surface area (Å²) in [6.45, 7) is 3.51. The fourth-order valence-corrected chi connectivity index (χ4v) is 1.63. The van der Waals surface area contributed by atoms with Gasteiger partial charge in [-0.2, -0.15) is 5.10 Å². The highest BCUT2D eigenvalue weighted by Gasteiger charge is 2.03. The van der Waals surface area contributed by atoms with Crippen LogP contribution in [0.25, 0.3) is 0 Å². The Kier molecular flexibility index (Phi) is 5.61. The second-order valence-electron chi connectivity index (χ2n) is 3.80. The second kappa shape index (κ2) is 6.98. The van der Waals surface area contributed by atoms with Gasteiger partial charge in [-0.15, -0.1) is 12.4 Å². The van der Waals surface area contributed by atoms with Crippen LogP contribution in [0.5, 0.6) is 5.88 Å². The smallest absolute Gasteiger partial charge is 0.217 e. The summed E-state index contributed by atoms with van der Waals surface area (Å²) in [6.07, 6.45) is 3.56. The van der Waals surface area contributed by atoms with E-state index in [4.69, 9.17) is 4.74 Å². The van der Waals surface area contributed by atoms with Gasteiger partial charge in [0, 0.05) is 36.1 Å². The van der Waals surface area contributed by atoms with Gasteiger partial charge in [-0.05, 0) is 13.0 Å². The van der Waals surface area contributed by atoms with Crippen LogP contribution in [0.3, 0.4) is 0 Å². The van der Waals surface area contributed by atoms with Crippen molar-refractivity contribution in [3.8, 4) is 5.88 Å². The molecule has 2 aromatic rings.